The smallest absolute Gasteiger partial charge is 0.263 e. The Balaban J connectivity index is 2.20. The molecule has 1 N–H and O–H groups in total. The van der Waals surface area contributed by atoms with Crippen LogP contribution in [0.15, 0.2) is 35.2 Å². The number of nitrogens with one attached hydrogen (secondary N) is 1. The molecule has 8 heteroatoms. The molecular formula is C18H13Cl2NO3S2. The summed E-state index contributed by atoms with van der Waals surface area (Å²) in [5, 5.41) is 3.71. The summed E-state index contributed by atoms with van der Waals surface area (Å²) < 4.78 is 11.4. The molecule has 0 aromatic heterocycles. The fourth-order valence-corrected chi connectivity index (χ4v) is 3.97. The van der Waals surface area contributed by atoms with Crippen molar-refractivity contribution in [3.05, 3.63) is 50.8 Å². The number of carbonyl (C=O) groups is 1. The molecule has 1 heterocycles. The van der Waals surface area contributed by atoms with E-state index < -0.39 is 0 Å². The molecule has 0 saturated carbocycles. The summed E-state index contributed by atoms with van der Waals surface area (Å²) >= 11 is 18.7. The number of hydrogen-bond donors (Lipinski definition) is 1. The first kappa shape index (κ1) is 19.0. The van der Waals surface area contributed by atoms with E-state index in [9.17, 15) is 4.79 Å². The average molecular weight is 426 g/mol. The lowest BCUT2D eigenvalue weighted by Crippen LogP contribution is -2.17. The highest BCUT2D eigenvalue weighted by atomic mass is 35.5. The van der Waals surface area contributed by atoms with Gasteiger partial charge in [-0.2, -0.15) is 0 Å². The predicted octanol–water partition coefficient (Wildman–Crippen LogP) is 5.17. The first-order valence-electron chi connectivity index (χ1n) is 7.39. The second-order valence-electron chi connectivity index (χ2n) is 5.28. The highest BCUT2D eigenvalue weighted by Gasteiger charge is 2.23. The number of amides is 1. The molecule has 0 unspecified atom stereocenters. The third kappa shape index (κ3) is 3.83. The Hall–Kier alpha value is -1.73. The molecule has 0 spiro atoms. The zero-order valence-electron chi connectivity index (χ0n) is 13.8. The van der Waals surface area contributed by atoms with Gasteiger partial charge in [-0.05, 0) is 42.0 Å². The van der Waals surface area contributed by atoms with Crippen LogP contribution in [0.25, 0.3) is 17.2 Å². The summed E-state index contributed by atoms with van der Waals surface area (Å²) in [6.45, 7) is 0. The number of halogens is 2. The number of thiocarbonyl (C=S) groups is 1. The van der Waals surface area contributed by atoms with Gasteiger partial charge in [-0.25, -0.2) is 0 Å². The molecular weight excluding hydrogens is 413 g/mol. The predicted molar refractivity (Wildman–Crippen MR) is 111 cm³/mol. The minimum absolute atomic E-state index is 0.243. The van der Waals surface area contributed by atoms with Gasteiger partial charge in [0.15, 0.2) is 11.5 Å². The van der Waals surface area contributed by atoms with Crippen LogP contribution in [0.4, 0.5) is 0 Å². The number of thioether (sulfide) groups is 1. The molecule has 2 aromatic carbocycles. The SMILES string of the molecule is COc1cc(-c2cc(Cl)ccc2Cl)cc(/C=C2\SC(=S)NC2=O)c1OC. The number of methoxy groups -OCH3 is 2. The third-order valence-electron chi connectivity index (χ3n) is 3.68. The molecule has 1 amide bonds. The van der Waals surface area contributed by atoms with E-state index in [1.165, 1.54) is 11.8 Å². The Kier molecular flexibility index (Phi) is 5.77. The van der Waals surface area contributed by atoms with Gasteiger partial charge >= 0.3 is 0 Å². The highest BCUT2D eigenvalue weighted by Crippen LogP contribution is 2.41. The lowest BCUT2D eigenvalue weighted by Gasteiger charge is -2.14. The minimum atomic E-state index is -0.243. The van der Waals surface area contributed by atoms with Crippen LogP contribution in [-0.4, -0.2) is 24.4 Å². The molecule has 3 rings (SSSR count). The van der Waals surface area contributed by atoms with Crippen molar-refractivity contribution in [2.45, 2.75) is 0 Å². The van der Waals surface area contributed by atoms with E-state index in [-0.39, 0.29) is 5.91 Å². The van der Waals surface area contributed by atoms with Crippen molar-refractivity contribution in [2.75, 3.05) is 14.2 Å². The number of rotatable bonds is 4. The van der Waals surface area contributed by atoms with E-state index >= 15 is 0 Å². The lowest BCUT2D eigenvalue weighted by atomic mass is 10.0. The Labute approximate surface area is 170 Å². The first-order valence-corrected chi connectivity index (χ1v) is 9.37. The van der Waals surface area contributed by atoms with Crippen LogP contribution in [0, 0.1) is 0 Å². The first-order chi connectivity index (χ1) is 12.4. The van der Waals surface area contributed by atoms with Crippen LogP contribution in [0.3, 0.4) is 0 Å². The number of carbonyl (C=O) groups excluding carboxylic acids is 1. The Morgan fingerprint density at radius 1 is 1.15 bits per heavy atom. The van der Waals surface area contributed by atoms with E-state index in [0.29, 0.717) is 36.3 Å². The summed E-state index contributed by atoms with van der Waals surface area (Å²) in [7, 11) is 3.09. The molecule has 1 saturated heterocycles. The Bertz CT molecular complexity index is 944. The summed E-state index contributed by atoms with van der Waals surface area (Å²) in [4.78, 5) is 12.5. The molecule has 1 aliphatic rings. The Morgan fingerprint density at radius 3 is 2.54 bits per heavy atom. The topological polar surface area (TPSA) is 47.6 Å². The van der Waals surface area contributed by atoms with Crippen LogP contribution in [-0.2, 0) is 4.79 Å². The second kappa shape index (κ2) is 7.88. The van der Waals surface area contributed by atoms with Gasteiger partial charge in [0.2, 0.25) is 0 Å². The highest BCUT2D eigenvalue weighted by molar-refractivity contribution is 8.26. The van der Waals surface area contributed by atoms with E-state index in [1.807, 2.05) is 12.1 Å². The van der Waals surface area contributed by atoms with Crippen LogP contribution < -0.4 is 14.8 Å². The van der Waals surface area contributed by atoms with E-state index in [1.54, 1.807) is 38.5 Å². The normalized spacial score (nSPS) is 15.3. The van der Waals surface area contributed by atoms with Gasteiger partial charge in [-0.3, -0.25) is 4.79 Å². The van der Waals surface area contributed by atoms with Crippen molar-refractivity contribution < 1.29 is 14.3 Å². The van der Waals surface area contributed by atoms with Crippen LogP contribution >= 0.6 is 47.2 Å². The van der Waals surface area contributed by atoms with Gasteiger partial charge < -0.3 is 14.8 Å². The molecule has 1 fully saturated rings. The summed E-state index contributed by atoms with van der Waals surface area (Å²) in [5.41, 5.74) is 2.20. The largest absolute Gasteiger partial charge is 0.493 e. The molecule has 0 radical (unpaired) electrons. The second-order valence-corrected chi connectivity index (χ2v) is 7.84. The molecule has 0 bridgehead atoms. The minimum Gasteiger partial charge on any atom is -0.493 e. The number of benzene rings is 2. The summed E-state index contributed by atoms with van der Waals surface area (Å²) in [6.07, 6.45) is 1.71. The number of hydrogen-bond acceptors (Lipinski definition) is 5. The Morgan fingerprint density at radius 2 is 1.92 bits per heavy atom. The fourth-order valence-electron chi connectivity index (χ4n) is 2.54. The van der Waals surface area contributed by atoms with Crippen molar-refractivity contribution in [1.82, 2.24) is 5.32 Å². The molecule has 1 aliphatic heterocycles. The van der Waals surface area contributed by atoms with Gasteiger partial charge in [-0.1, -0.05) is 47.2 Å². The standard InChI is InChI=1S/C18H13Cl2NO3S2/c1-23-14-6-9(12-8-11(19)3-4-13(12)20)5-10(16(14)24-2)7-15-17(22)21-18(25)26-15/h3-8H,1-2H3,(H,21,22,25)/b15-7-. The molecule has 26 heavy (non-hydrogen) atoms. The van der Waals surface area contributed by atoms with E-state index in [2.05, 4.69) is 5.32 Å². The lowest BCUT2D eigenvalue weighted by molar-refractivity contribution is -0.115. The van der Waals surface area contributed by atoms with Gasteiger partial charge in [0.25, 0.3) is 5.91 Å². The molecule has 2 aromatic rings. The third-order valence-corrected chi connectivity index (χ3v) is 5.40. The van der Waals surface area contributed by atoms with Gasteiger partial charge in [0.05, 0.1) is 19.1 Å². The maximum Gasteiger partial charge on any atom is 0.263 e. The van der Waals surface area contributed by atoms with Crippen molar-refractivity contribution >= 4 is 63.5 Å². The molecule has 134 valence electrons. The fraction of sp³-hybridized carbons (Fsp3) is 0.111. The maximum absolute atomic E-state index is 12.0. The zero-order valence-corrected chi connectivity index (χ0v) is 16.9. The summed E-state index contributed by atoms with van der Waals surface area (Å²) in [6, 6.07) is 8.89. The van der Waals surface area contributed by atoms with Crippen molar-refractivity contribution in [3.63, 3.8) is 0 Å². The van der Waals surface area contributed by atoms with Crippen LogP contribution in [0.2, 0.25) is 10.0 Å². The van der Waals surface area contributed by atoms with Crippen LogP contribution in [0.1, 0.15) is 5.56 Å². The van der Waals surface area contributed by atoms with Crippen molar-refractivity contribution in [3.8, 4) is 22.6 Å². The summed E-state index contributed by atoms with van der Waals surface area (Å²) in [5.74, 6) is 0.777. The van der Waals surface area contributed by atoms with Crippen molar-refractivity contribution in [1.29, 1.82) is 0 Å². The van der Waals surface area contributed by atoms with Gasteiger partial charge in [0.1, 0.15) is 4.32 Å². The monoisotopic (exact) mass is 425 g/mol. The van der Waals surface area contributed by atoms with Crippen LogP contribution in [0.5, 0.6) is 11.5 Å². The average Bonchev–Trinajstić information content (AvgIpc) is 2.93. The number of ether oxygens (including phenoxy) is 2. The van der Waals surface area contributed by atoms with Gasteiger partial charge in [0, 0.05) is 21.2 Å². The molecule has 0 atom stereocenters. The maximum atomic E-state index is 12.0. The van der Waals surface area contributed by atoms with E-state index in [0.717, 1.165) is 11.1 Å². The van der Waals surface area contributed by atoms with Crippen molar-refractivity contribution in [2.24, 2.45) is 0 Å². The zero-order chi connectivity index (χ0) is 18.8. The quantitative estimate of drug-likeness (QED) is 0.540. The van der Waals surface area contributed by atoms with Gasteiger partial charge in [-0.15, -0.1) is 0 Å². The van der Waals surface area contributed by atoms with E-state index in [4.69, 9.17) is 44.9 Å². The molecule has 4 nitrogen and oxygen atoms in total. The molecule has 0 aliphatic carbocycles.